The molecule has 1 N–H and O–H groups in total. The van der Waals surface area contributed by atoms with E-state index in [-0.39, 0.29) is 4.90 Å². The van der Waals surface area contributed by atoms with Crippen LogP contribution in [0.2, 0.25) is 0 Å². The molecule has 0 saturated heterocycles. The van der Waals surface area contributed by atoms with Gasteiger partial charge in [-0.15, -0.1) is 0 Å². The van der Waals surface area contributed by atoms with Crippen LogP contribution in [0.1, 0.15) is 28.7 Å². The second-order valence-corrected chi connectivity index (χ2v) is 10.7. The van der Waals surface area contributed by atoms with E-state index in [1.807, 2.05) is 49.4 Å². The number of hydrogen-bond donors (Lipinski definition) is 1. The van der Waals surface area contributed by atoms with Crippen molar-refractivity contribution in [3.63, 3.8) is 0 Å². The van der Waals surface area contributed by atoms with Crippen LogP contribution < -0.4 is 13.9 Å². The van der Waals surface area contributed by atoms with Gasteiger partial charge in [-0.3, -0.25) is 9.10 Å². The molecule has 0 atom stereocenters. The zero-order chi connectivity index (χ0) is 25.3. The van der Waals surface area contributed by atoms with Gasteiger partial charge in [0.1, 0.15) is 12.3 Å². The van der Waals surface area contributed by atoms with Crippen LogP contribution in [0.4, 0.5) is 17.1 Å². The topological polar surface area (TPSA) is 87.2 Å². The van der Waals surface area contributed by atoms with Crippen LogP contribution in [-0.4, -0.2) is 39.7 Å². The summed E-state index contributed by atoms with van der Waals surface area (Å²) in [6.07, 6.45) is 1.44. The van der Waals surface area contributed by atoms with E-state index in [0.717, 1.165) is 45.5 Å². The Morgan fingerprint density at radius 1 is 1.06 bits per heavy atom. The molecule has 0 aliphatic carbocycles. The summed E-state index contributed by atoms with van der Waals surface area (Å²) in [4.78, 5) is 14.2. The number of sulfonamides is 1. The van der Waals surface area contributed by atoms with Gasteiger partial charge in [0, 0.05) is 29.5 Å². The van der Waals surface area contributed by atoms with Crippen LogP contribution in [0.15, 0.2) is 59.5 Å². The maximum atomic E-state index is 14.0. The Balaban J connectivity index is 1.88. The largest absolute Gasteiger partial charge is 0.497 e. The number of fused-ring (bicyclic) bond motifs is 1. The zero-order valence-electron chi connectivity index (χ0n) is 20.4. The normalized spacial score (nSPS) is 13.3. The van der Waals surface area contributed by atoms with Gasteiger partial charge in [0.05, 0.1) is 17.7 Å². The molecule has 3 aromatic carbocycles. The highest BCUT2D eigenvalue weighted by Crippen LogP contribution is 2.41. The summed E-state index contributed by atoms with van der Waals surface area (Å²) in [5, 5.41) is 9.70. The molecular weight excluding hydrogens is 464 g/mol. The van der Waals surface area contributed by atoms with E-state index >= 15 is 0 Å². The smallest absolute Gasteiger partial charge is 0.324 e. The molecule has 184 valence electrons. The lowest BCUT2D eigenvalue weighted by atomic mass is 9.99. The van der Waals surface area contributed by atoms with Crippen molar-refractivity contribution >= 4 is 33.1 Å². The van der Waals surface area contributed by atoms with Gasteiger partial charge in [0.25, 0.3) is 10.0 Å². The van der Waals surface area contributed by atoms with Gasteiger partial charge in [-0.25, -0.2) is 8.42 Å². The Labute approximate surface area is 206 Å². The van der Waals surface area contributed by atoms with Gasteiger partial charge in [-0.05, 0) is 69.0 Å². The van der Waals surface area contributed by atoms with Crippen molar-refractivity contribution in [1.82, 2.24) is 0 Å². The van der Waals surface area contributed by atoms with Crippen molar-refractivity contribution in [3.8, 4) is 5.75 Å². The predicted octanol–water partition coefficient (Wildman–Crippen LogP) is 4.98. The first-order valence-corrected chi connectivity index (χ1v) is 12.9. The molecule has 1 aliphatic rings. The Morgan fingerprint density at radius 2 is 1.74 bits per heavy atom. The van der Waals surface area contributed by atoms with Gasteiger partial charge in [0.15, 0.2) is 0 Å². The highest BCUT2D eigenvalue weighted by molar-refractivity contribution is 7.93. The van der Waals surface area contributed by atoms with E-state index in [2.05, 4.69) is 4.90 Å². The van der Waals surface area contributed by atoms with Crippen LogP contribution in [0.5, 0.6) is 5.75 Å². The van der Waals surface area contributed by atoms with Crippen molar-refractivity contribution in [2.45, 2.75) is 38.5 Å². The molecule has 1 aliphatic heterocycles. The Bertz CT molecular complexity index is 1360. The summed E-state index contributed by atoms with van der Waals surface area (Å²) < 4.78 is 34.4. The molecular formula is C27H30N2O5S. The first-order chi connectivity index (χ1) is 16.6. The average Bonchev–Trinajstić information content (AvgIpc) is 2.81. The number of ether oxygens (including phenoxy) is 1. The van der Waals surface area contributed by atoms with Crippen LogP contribution in [0, 0.1) is 20.8 Å². The highest BCUT2D eigenvalue weighted by Gasteiger charge is 2.33. The molecule has 1 heterocycles. The Kier molecular flexibility index (Phi) is 6.76. The van der Waals surface area contributed by atoms with Crippen molar-refractivity contribution in [1.29, 1.82) is 0 Å². The summed E-state index contributed by atoms with van der Waals surface area (Å²) in [6, 6.07) is 16.8. The molecule has 0 radical (unpaired) electrons. The van der Waals surface area contributed by atoms with Crippen molar-refractivity contribution < 1.29 is 23.1 Å². The molecule has 8 heteroatoms. The van der Waals surface area contributed by atoms with Crippen LogP contribution in [-0.2, 0) is 21.2 Å². The van der Waals surface area contributed by atoms with Crippen molar-refractivity contribution in [2.24, 2.45) is 0 Å². The molecule has 35 heavy (non-hydrogen) atoms. The molecule has 0 bridgehead atoms. The van der Waals surface area contributed by atoms with Crippen molar-refractivity contribution in [2.75, 3.05) is 29.4 Å². The van der Waals surface area contributed by atoms with E-state index in [1.165, 1.54) is 0 Å². The third-order valence-corrected chi connectivity index (χ3v) is 8.36. The zero-order valence-corrected chi connectivity index (χ0v) is 21.2. The minimum atomic E-state index is -4.14. The van der Waals surface area contributed by atoms with Gasteiger partial charge in [-0.2, -0.15) is 0 Å². The maximum absolute atomic E-state index is 14.0. The number of methoxy groups -OCH3 is 1. The number of aryl methyl sites for hydroxylation is 3. The van der Waals surface area contributed by atoms with Crippen LogP contribution >= 0.6 is 0 Å². The third kappa shape index (κ3) is 4.71. The molecule has 0 saturated carbocycles. The molecule has 0 amide bonds. The number of benzene rings is 3. The fourth-order valence-electron chi connectivity index (χ4n) is 4.99. The van der Waals surface area contributed by atoms with Gasteiger partial charge >= 0.3 is 5.97 Å². The average molecular weight is 495 g/mol. The Hall–Kier alpha value is -3.52. The lowest BCUT2D eigenvalue weighted by molar-refractivity contribution is -0.135. The molecule has 4 rings (SSSR count). The van der Waals surface area contributed by atoms with E-state index in [1.54, 1.807) is 33.1 Å². The summed E-state index contributed by atoms with van der Waals surface area (Å²) >= 11 is 0. The first kappa shape index (κ1) is 24.6. The highest BCUT2D eigenvalue weighted by atomic mass is 32.2. The number of carboxylic acids is 1. The monoisotopic (exact) mass is 494 g/mol. The second kappa shape index (κ2) is 9.62. The van der Waals surface area contributed by atoms with Gasteiger partial charge < -0.3 is 14.7 Å². The molecule has 0 aromatic heterocycles. The molecule has 3 aromatic rings. The number of aliphatic carboxylic acids is 1. The van der Waals surface area contributed by atoms with E-state index in [9.17, 15) is 18.3 Å². The summed E-state index contributed by atoms with van der Waals surface area (Å²) in [7, 11) is -2.52. The number of nitrogens with zero attached hydrogens (tertiary/aromatic N) is 2. The SMILES string of the molecule is COc1cccc(N2CCCc3c2cccc3N(CC(=O)O)S(=O)(=O)c2c(C)cc(C)cc2C)c1. The Morgan fingerprint density at radius 3 is 2.40 bits per heavy atom. The van der Waals surface area contributed by atoms with Gasteiger partial charge in [-0.1, -0.05) is 29.8 Å². The number of anilines is 3. The quantitative estimate of drug-likeness (QED) is 0.498. The van der Waals surface area contributed by atoms with Crippen LogP contribution in [0.25, 0.3) is 0 Å². The number of carbonyl (C=O) groups is 1. The summed E-state index contributed by atoms with van der Waals surface area (Å²) in [5.74, 6) is -0.486. The minimum Gasteiger partial charge on any atom is -0.497 e. The maximum Gasteiger partial charge on any atom is 0.324 e. The fourth-order valence-corrected chi connectivity index (χ4v) is 6.86. The summed E-state index contributed by atoms with van der Waals surface area (Å²) in [6.45, 7) is 5.50. The lowest BCUT2D eigenvalue weighted by Crippen LogP contribution is -2.38. The number of rotatable bonds is 7. The molecule has 0 spiro atoms. The van der Waals surface area contributed by atoms with Gasteiger partial charge in [0.2, 0.25) is 0 Å². The standard InChI is InChI=1S/C27H30N2O5S/c1-18-14-19(2)27(20(3)15-18)35(32,33)29(17-26(30)31)25-12-6-11-24-23(25)10-7-13-28(24)21-8-5-9-22(16-21)34-4/h5-6,8-9,11-12,14-16H,7,10,13,17H2,1-4H3,(H,30,31). The van der Waals surface area contributed by atoms with E-state index < -0.39 is 22.5 Å². The van der Waals surface area contributed by atoms with E-state index in [4.69, 9.17) is 4.74 Å². The molecule has 0 unspecified atom stereocenters. The second-order valence-electron chi connectivity index (χ2n) is 8.86. The molecule has 0 fully saturated rings. The molecule has 7 nitrogen and oxygen atoms in total. The number of carboxylic acid groups (broad SMARTS) is 1. The lowest BCUT2D eigenvalue weighted by Gasteiger charge is -2.35. The van der Waals surface area contributed by atoms with E-state index in [0.29, 0.717) is 23.2 Å². The number of hydrogen-bond acceptors (Lipinski definition) is 5. The predicted molar refractivity (Wildman–Crippen MR) is 138 cm³/mol. The third-order valence-electron chi connectivity index (χ3n) is 6.29. The first-order valence-electron chi connectivity index (χ1n) is 11.5. The minimum absolute atomic E-state index is 0.155. The van der Waals surface area contributed by atoms with Crippen molar-refractivity contribution in [3.05, 3.63) is 76.9 Å². The fraction of sp³-hybridized carbons (Fsp3) is 0.296. The van der Waals surface area contributed by atoms with Crippen LogP contribution in [0.3, 0.4) is 0 Å². The summed E-state index contributed by atoms with van der Waals surface area (Å²) in [5.41, 5.74) is 5.16.